The highest BCUT2D eigenvalue weighted by Gasteiger charge is 2.29. The molecule has 1 aromatic heterocycles. The Bertz CT molecular complexity index is 876. The number of rotatable bonds is 3. The molecule has 0 atom stereocenters. The maximum Gasteiger partial charge on any atom is 0.332 e. The van der Waals surface area contributed by atoms with Crippen molar-refractivity contribution in [3.05, 3.63) is 32.9 Å². The summed E-state index contributed by atoms with van der Waals surface area (Å²) in [4.78, 5) is 22.6. The van der Waals surface area contributed by atoms with E-state index in [4.69, 9.17) is 22.1 Å². The third kappa shape index (κ3) is 3.55. The van der Waals surface area contributed by atoms with Gasteiger partial charge in [0.1, 0.15) is 5.75 Å². The smallest absolute Gasteiger partial charge is 0.332 e. The average molecular weight is 442 g/mol. The summed E-state index contributed by atoms with van der Waals surface area (Å²) in [6, 6.07) is 3.31. The van der Waals surface area contributed by atoms with Crippen molar-refractivity contribution in [3.63, 3.8) is 0 Å². The second-order valence-corrected chi connectivity index (χ2v) is 7.25. The van der Waals surface area contributed by atoms with Crippen LogP contribution in [0.15, 0.2) is 16.6 Å². The molecule has 0 unspecified atom stereocenters. The number of aromatic nitrogens is 2. The fourth-order valence-electron chi connectivity index (χ4n) is 2.77. The minimum absolute atomic E-state index is 0.131. The lowest BCUT2D eigenvalue weighted by molar-refractivity contribution is 0.170. The van der Waals surface area contributed by atoms with Gasteiger partial charge in [-0.25, -0.2) is 19.8 Å². The SMILES string of the molecule is COc1cc(-c2nc(N)nc3c2CN(C(=O)NN(C)C)C3)c(Cl)cc1Br. The molecular weight excluding hydrogens is 424 g/mol. The Balaban J connectivity index is 2.04. The Morgan fingerprint density at radius 1 is 1.38 bits per heavy atom. The van der Waals surface area contributed by atoms with E-state index in [-0.39, 0.29) is 12.0 Å². The van der Waals surface area contributed by atoms with Gasteiger partial charge in [-0.15, -0.1) is 0 Å². The van der Waals surface area contributed by atoms with Gasteiger partial charge in [-0.05, 0) is 28.1 Å². The summed E-state index contributed by atoms with van der Waals surface area (Å²) in [7, 11) is 5.07. The van der Waals surface area contributed by atoms with Crippen molar-refractivity contribution < 1.29 is 9.53 Å². The van der Waals surface area contributed by atoms with Crippen molar-refractivity contribution in [3.8, 4) is 17.0 Å². The number of nitrogens with one attached hydrogen (secondary N) is 1. The van der Waals surface area contributed by atoms with Gasteiger partial charge in [0.25, 0.3) is 0 Å². The number of carbonyl (C=O) groups is 1. The molecule has 138 valence electrons. The highest BCUT2D eigenvalue weighted by Crippen LogP contribution is 2.39. The van der Waals surface area contributed by atoms with Crippen molar-refractivity contribution in [1.82, 2.24) is 25.3 Å². The van der Waals surface area contributed by atoms with Gasteiger partial charge in [0, 0.05) is 25.2 Å². The summed E-state index contributed by atoms with van der Waals surface area (Å²) in [5, 5.41) is 2.08. The Morgan fingerprint density at radius 3 is 2.77 bits per heavy atom. The van der Waals surface area contributed by atoms with E-state index in [1.165, 1.54) is 0 Å². The highest BCUT2D eigenvalue weighted by molar-refractivity contribution is 9.10. The fourth-order valence-corrected chi connectivity index (χ4v) is 3.66. The fraction of sp³-hybridized carbons (Fsp3) is 0.312. The van der Waals surface area contributed by atoms with Crippen molar-refractivity contribution >= 4 is 39.5 Å². The molecule has 2 aromatic rings. The predicted molar refractivity (Wildman–Crippen MR) is 103 cm³/mol. The van der Waals surface area contributed by atoms with Crippen LogP contribution in [-0.2, 0) is 13.1 Å². The number of ether oxygens (including phenoxy) is 1. The molecule has 3 N–H and O–H groups in total. The first-order valence-corrected chi connectivity index (χ1v) is 8.88. The molecule has 0 spiro atoms. The zero-order valence-corrected chi connectivity index (χ0v) is 16.8. The summed E-state index contributed by atoms with van der Waals surface area (Å²) >= 11 is 9.84. The van der Waals surface area contributed by atoms with Gasteiger partial charge in [0.05, 0.1) is 41.1 Å². The van der Waals surface area contributed by atoms with Crippen LogP contribution in [0.25, 0.3) is 11.3 Å². The first-order valence-electron chi connectivity index (χ1n) is 7.71. The molecule has 0 radical (unpaired) electrons. The van der Waals surface area contributed by atoms with E-state index in [2.05, 4.69) is 31.3 Å². The van der Waals surface area contributed by atoms with Gasteiger partial charge in [0.2, 0.25) is 5.95 Å². The molecule has 1 aliphatic heterocycles. The van der Waals surface area contributed by atoms with Crippen molar-refractivity contribution in [1.29, 1.82) is 0 Å². The second kappa shape index (κ2) is 7.26. The summed E-state index contributed by atoms with van der Waals surface area (Å²) in [5.41, 5.74) is 11.4. The summed E-state index contributed by atoms with van der Waals surface area (Å²) < 4.78 is 6.09. The number of hydrazine groups is 1. The number of carbonyl (C=O) groups excluding carboxylic acids is 1. The average Bonchev–Trinajstić information content (AvgIpc) is 2.98. The number of urea groups is 1. The van der Waals surface area contributed by atoms with Gasteiger partial charge in [0.15, 0.2) is 0 Å². The zero-order chi connectivity index (χ0) is 19.0. The summed E-state index contributed by atoms with van der Waals surface area (Å²) in [6.07, 6.45) is 0. The van der Waals surface area contributed by atoms with Crippen LogP contribution in [0, 0.1) is 0 Å². The van der Waals surface area contributed by atoms with Crippen LogP contribution in [0.3, 0.4) is 0 Å². The lowest BCUT2D eigenvalue weighted by Gasteiger charge is -2.19. The van der Waals surface area contributed by atoms with Crippen molar-refractivity contribution in [2.75, 3.05) is 26.9 Å². The monoisotopic (exact) mass is 440 g/mol. The maximum atomic E-state index is 12.3. The minimum Gasteiger partial charge on any atom is -0.496 e. The third-order valence-electron chi connectivity index (χ3n) is 3.90. The molecule has 10 heteroatoms. The minimum atomic E-state index is -0.225. The number of methoxy groups -OCH3 is 1. The normalized spacial score (nSPS) is 13.1. The molecule has 8 nitrogen and oxygen atoms in total. The van der Waals surface area contributed by atoms with E-state index < -0.39 is 0 Å². The first-order chi connectivity index (χ1) is 12.3. The van der Waals surface area contributed by atoms with Gasteiger partial charge in [-0.2, -0.15) is 0 Å². The van der Waals surface area contributed by atoms with E-state index in [1.54, 1.807) is 43.2 Å². The molecule has 0 aliphatic carbocycles. The van der Waals surface area contributed by atoms with E-state index in [9.17, 15) is 4.79 Å². The molecule has 0 bridgehead atoms. The van der Waals surface area contributed by atoms with Gasteiger partial charge >= 0.3 is 6.03 Å². The number of hydrogen-bond donors (Lipinski definition) is 2. The van der Waals surface area contributed by atoms with Gasteiger partial charge in [-0.3, -0.25) is 5.43 Å². The topological polar surface area (TPSA) is 96.6 Å². The largest absolute Gasteiger partial charge is 0.496 e. The number of benzene rings is 1. The highest BCUT2D eigenvalue weighted by atomic mass is 79.9. The second-order valence-electron chi connectivity index (χ2n) is 5.99. The van der Waals surface area contributed by atoms with Crippen LogP contribution in [0.4, 0.5) is 10.7 Å². The molecular formula is C16H18BrClN6O2. The number of anilines is 1. The standard InChI is InChI=1S/C16H18BrClN6O2/c1-23(2)22-16(25)24-6-9-12(7-24)20-15(19)21-14(9)8-4-13(26-3)10(17)5-11(8)18/h4-5H,6-7H2,1-3H3,(H,22,25)(H2,19,20,21). The molecule has 2 heterocycles. The molecule has 1 aromatic carbocycles. The van der Waals surface area contributed by atoms with Crippen molar-refractivity contribution in [2.24, 2.45) is 0 Å². The van der Waals surface area contributed by atoms with E-state index in [0.717, 1.165) is 10.0 Å². The third-order valence-corrected chi connectivity index (χ3v) is 4.84. The lowest BCUT2D eigenvalue weighted by Crippen LogP contribution is -2.43. The molecule has 0 fully saturated rings. The van der Waals surface area contributed by atoms with Crippen LogP contribution < -0.4 is 15.9 Å². The zero-order valence-electron chi connectivity index (χ0n) is 14.5. The summed E-state index contributed by atoms with van der Waals surface area (Å²) in [6.45, 7) is 0.708. The Hall–Kier alpha value is -2.10. The van der Waals surface area contributed by atoms with Crippen LogP contribution in [0.5, 0.6) is 5.75 Å². The number of amides is 2. The lowest BCUT2D eigenvalue weighted by atomic mass is 10.1. The number of nitrogen functional groups attached to an aromatic ring is 1. The van der Waals surface area contributed by atoms with Crippen LogP contribution >= 0.6 is 27.5 Å². The Morgan fingerprint density at radius 2 is 2.12 bits per heavy atom. The molecule has 2 amide bonds. The number of hydrogen-bond acceptors (Lipinski definition) is 6. The molecule has 26 heavy (non-hydrogen) atoms. The number of fused-ring (bicyclic) bond motifs is 1. The van der Waals surface area contributed by atoms with Crippen LogP contribution in [0.1, 0.15) is 11.3 Å². The van der Waals surface area contributed by atoms with Crippen molar-refractivity contribution in [2.45, 2.75) is 13.1 Å². The van der Waals surface area contributed by atoms with Gasteiger partial charge < -0.3 is 15.4 Å². The molecule has 3 rings (SSSR count). The number of nitrogens with zero attached hydrogens (tertiary/aromatic N) is 4. The first kappa shape index (κ1) is 18.7. The van der Waals surface area contributed by atoms with E-state index >= 15 is 0 Å². The van der Waals surface area contributed by atoms with Crippen LogP contribution in [0.2, 0.25) is 5.02 Å². The van der Waals surface area contributed by atoms with Crippen LogP contribution in [-0.4, -0.2) is 47.1 Å². The predicted octanol–water partition coefficient (Wildman–Crippen LogP) is 2.65. The molecule has 0 saturated heterocycles. The molecule has 1 aliphatic rings. The Labute approximate surface area is 164 Å². The van der Waals surface area contributed by atoms with E-state index in [1.807, 2.05) is 0 Å². The number of halogens is 2. The van der Waals surface area contributed by atoms with E-state index in [0.29, 0.717) is 40.8 Å². The Kier molecular flexibility index (Phi) is 5.22. The van der Waals surface area contributed by atoms with Gasteiger partial charge in [-0.1, -0.05) is 11.6 Å². The quantitative estimate of drug-likeness (QED) is 0.711. The maximum absolute atomic E-state index is 12.3. The number of nitrogens with two attached hydrogens (primary N) is 1. The summed E-state index contributed by atoms with van der Waals surface area (Å²) in [5.74, 6) is 0.752. The molecule has 0 saturated carbocycles.